The van der Waals surface area contributed by atoms with Crippen molar-refractivity contribution in [3.05, 3.63) is 0 Å². The molecule has 0 saturated heterocycles. The van der Waals surface area contributed by atoms with Crippen LogP contribution in [0.2, 0.25) is 0 Å². The molecule has 0 radical (unpaired) electrons. The van der Waals surface area contributed by atoms with Crippen molar-refractivity contribution in [3.8, 4) is 0 Å². The lowest BCUT2D eigenvalue weighted by atomic mass is 9.97. The van der Waals surface area contributed by atoms with Crippen molar-refractivity contribution in [1.29, 1.82) is 0 Å². The van der Waals surface area contributed by atoms with Crippen LogP contribution in [-0.4, -0.2) is 48.9 Å². The third-order valence-electron chi connectivity index (χ3n) is 2.19. The average Bonchev–Trinajstić information content (AvgIpc) is 2.22. The third-order valence-corrected chi connectivity index (χ3v) is 2.70. The molecule has 0 aromatic rings. The SMILES string of the molecule is O=S(=O)(O)NC(F)(F)C(F)(F)C(F)(F)C(F)(F)C(F)(F)C(F)(F)F. The van der Waals surface area contributed by atoms with Gasteiger partial charge in [-0.1, -0.05) is 0 Å². The lowest BCUT2D eigenvalue weighted by Crippen LogP contribution is -2.72. The van der Waals surface area contributed by atoms with Gasteiger partial charge in [-0.2, -0.15) is 65.5 Å². The molecular formula is C6H2F13NO3S. The van der Waals surface area contributed by atoms with Crippen LogP contribution in [0.25, 0.3) is 0 Å². The molecule has 0 rings (SSSR count). The molecule has 0 aliphatic carbocycles. The molecule has 0 bridgehead atoms. The topological polar surface area (TPSA) is 66.4 Å². The molecule has 0 saturated carbocycles. The summed E-state index contributed by atoms with van der Waals surface area (Å²) < 4.78 is 188. The first-order valence-corrected chi connectivity index (χ1v) is 6.12. The molecule has 0 unspecified atom stereocenters. The summed E-state index contributed by atoms with van der Waals surface area (Å²) in [7, 11) is -6.50. The molecule has 0 atom stereocenters. The van der Waals surface area contributed by atoms with E-state index in [0.717, 1.165) is 0 Å². The van der Waals surface area contributed by atoms with Crippen molar-refractivity contribution >= 4 is 10.3 Å². The van der Waals surface area contributed by atoms with E-state index in [-0.39, 0.29) is 0 Å². The number of hydrogen-bond acceptors (Lipinski definition) is 2. The zero-order valence-corrected chi connectivity index (χ0v) is 10.9. The number of rotatable bonds is 6. The van der Waals surface area contributed by atoms with Crippen molar-refractivity contribution in [3.63, 3.8) is 0 Å². The molecule has 2 N–H and O–H groups in total. The second kappa shape index (κ2) is 5.48. The molecule has 0 aromatic carbocycles. The van der Waals surface area contributed by atoms with Crippen LogP contribution in [0.3, 0.4) is 0 Å². The van der Waals surface area contributed by atoms with Gasteiger partial charge in [0.2, 0.25) is 0 Å². The Labute approximate surface area is 122 Å². The molecule has 0 spiro atoms. The van der Waals surface area contributed by atoms with Crippen molar-refractivity contribution in [1.82, 2.24) is 4.72 Å². The molecule has 24 heavy (non-hydrogen) atoms. The summed E-state index contributed by atoms with van der Waals surface area (Å²) in [6, 6.07) is -7.09. The van der Waals surface area contributed by atoms with E-state index in [1.54, 1.807) is 0 Å². The van der Waals surface area contributed by atoms with Gasteiger partial charge in [-0.05, 0) is 0 Å². The maximum atomic E-state index is 12.8. The normalized spacial score (nSPS) is 16.4. The molecule has 18 heteroatoms. The summed E-state index contributed by atoms with van der Waals surface area (Å²) in [6.07, 6.45) is -7.57. The minimum absolute atomic E-state index is 0.991. The average molecular weight is 415 g/mol. The Bertz CT molecular complexity index is 579. The van der Waals surface area contributed by atoms with E-state index in [2.05, 4.69) is 0 Å². The van der Waals surface area contributed by atoms with E-state index in [1.165, 1.54) is 0 Å². The lowest BCUT2D eigenvalue weighted by Gasteiger charge is -2.39. The van der Waals surface area contributed by atoms with Crippen LogP contribution >= 0.6 is 0 Å². The molecule has 0 aromatic heterocycles. The number of hydrogen-bond donors (Lipinski definition) is 2. The number of nitrogens with one attached hydrogen (secondary N) is 1. The van der Waals surface area contributed by atoms with E-state index in [4.69, 9.17) is 4.55 Å². The van der Waals surface area contributed by atoms with Gasteiger partial charge in [-0.15, -0.1) is 4.72 Å². The first-order chi connectivity index (χ1) is 9.96. The van der Waals surface area contributed by atoms with Crippen LogP contribution in [0.5, 0.6) is 0 Å². The lowest BCUT2D eigenvalue weighted by molar-refractivity contribution is -0.440. The fourth-order valence-corrected chi connectivity index (χ4v) is 1.45. The quantitative estimate of drug-likeness (QED) is 0.398. The van der Waals surface area contributed by atoms with Gasteiger partial charge < -0.3 is 0 Å². The van der Waals surface area contributed by atoms with Crippen LogP contribution in [0, 0.1) is 0 Å². The van der Waals surface area contributed by atoms with Gasteiger partial charge in [0.1, 0.15) is 0 Å². The van der Waals surface area contributed by atoms with E-state index >= 15 is 0 Å². The summed E-state index contributed by atoms with van der Waals surface area (Å²) >= 11 is 0. The summed E-state index contributed by atoms with van der Waals surface area (Å²) in [4.78, 5) is 0. The second-order valence-corrected chi connectivity index (χ2v) is 5.10. The van der Waals surface area contributed by atoms with Crippen LogP contribution in [-0.2, 0) is 10.3 Å². The summed E-state index contributed by atoms with van der Waals surface area (Å²) in [5, 5.41) is 0. The third kappa shape index (κ3) is 3.35. The highest BCUT2D eigenvalue weighted by Gasteiger charge is 2.91. The van der Waals surface area contributed by atoms with E-state index in [1.807, 2.05) is 0 Å². The van der Waals surface area contributed by atoms with Gasteiger partial charge in [-0.3, -0.25) is 4.55 Å². The van der Waals surface area contributed by atoms with E-state index in [9.17, 15) is 65.5 Å². The maximum absolute atomic E-state index is 12.8. The fraction of sp³-hybridized carbons (Fsp3) is 1.00. The molecule has 0 aliphatic heterocycles. The number of halogens is 13. The van der Waals surface area contributed by atoms with Gasteiger partial charge in [0, 0.05) is 0 Å². The van der Waals surface area contributed by atoms with E-state index < -0.39 is 50.9 Å². The Hall–Kier alpha value is -1.04. The molecule has 0 amide bonds. The Morgan fingerprint density at radius 2 is 0.875 bits per heavy atom. The zero-order valence-electron chi connectivity index (χ0n) is 10.1. The van der Waals surface area contributed by atoms with Crippen LogP contribution in [0.15, 0.2) is 0 Å². The predicted octanol–water partition coefficient (Wildman–Crippen LogP) is 3.08. The second-order valence-electron chi connectivity index (χ2n) is 3.95. The predicted molar refractivity (Wildman–Crippen MR) is 45.5 cm³/mol. The molecule has 146 valence electrons. The largest absolute Gasteiger partial charge is 0.460 e. The Kier molecular flexibility index (Phi) is 5.24. The fourth-order valence-electron chi connectivity index (χ4n) is 0.996. The van der Waals surface area contributed by atoms with Gasteiger partial charge in [-0.25, -0.2) is 0 Å². The van der Waals surface area contributed by atoms with Gasteiger partial charge in [0.15, 0.2) is 0 Å². The smallest absolute Gasteiger partial charge is 0.273 e. The van der Waals surface area contributed by atoms with E-state index in [0.29, 0.717) is 0 Å². The maximum Gasteiger partial charge on any atom is 0.460 e. The Balaban J connectivity index is 6.30. The molecule has 0 heterocycles. The highest BCUT2D eigenvalue weighted by molar-refractivity contribution is 7.83. The van der Waals surface area contributed by atoms with Crippen molar-refractivity contribution < 1.29 is 70.0 Å². The highest BCUT2D eigenvalue weighted by atomic mass is 32.2. The molecular weight excluding hydrogens is 413 g/mol. The number of alkyl halides is 13. The molecule has 0 aliphatic rings. The Morgan fingerprint density at radius 1 is 0.583 bits per heavy atom. The summed E-state index contributed by atoms with van der Waals surface area (Å²) in [5.74, 6) is -32.0. The first kappa shape index (κ1) is 23.0. The molecule has 0 fully saturated rings. The van der Waals surface area contributed by atoms with Crippen LogP contribution in [0.4, 0.5) is 57.1 Å². The van der Waals surface area contributed by atoms with Crippen molar-refractivity contribution in [2.45, 2.75) is 35.9 Å². The Morgan fingerprint density at radius 3 is 1.12 bits per heavy atom. The van der Waals surface area contributed by atoms with Gasteiger partial charge in [0.05, 0.1) is 0 Å². The first-order valence-electron chi connectivity index (χ1n) is 4.68. The summed E-state index contributed by atoms with van der Waals surface area (Å²) in [6.45, 7) is 0. The van der Waals surface area contributed by atoms with Gasteiger partial charge in [0.25, 0.3) is 0 Å². The van der Waals surface area contributed by atoms with Crippen LogP contribution < -0.4 is 4.72 Å². The van der Waals surface area contributed by atoms with Crippen LogP contribution in [0.1, 0.15) is 0 Å². The highest BCUT2D eigenvalue weighted by Crippen LogP contribution is 2.59. The van der Waals surface area contributed by atoms with Crippen molar-refractivity contribution in [2.75, 3.05) is 0 Å². The van der Waals surface area contributed by atoms with Crippen molar-refractivity contribution in [2.24, 2.45) is 0 Å². The van der Waals surface area contributed by atoms with Gasteiger partial charge >= 0.3 is 46.2 Å². The summed E-state index contributed by atoms with van der Waals surface area (Å²) in [5.41, 5.74) is 0. The minimum atomic E-state index is -8.15. The monoisotopic (exact) mass is 415 g/mol. The molecule has 4 nitrogen and oxygen atoms in total. The zero-order chi connectivity index (χ0) is 20.2. The standard InChI is InChI=1S/C6H2F13NO3S/c7-1(8,3(11,12)5(15,16)17)2(9,10)4(13,14)6(18,19)20-24(21,22)23/h20H,(H,21,22,23). The minimum Gasteiger partial charge on any atom is -0.273 e.